The summed E-state index contributed by atoms with van der Waals surface area (Å²) < 4.78 is 7.88. The van der Waals surface area contributed by atoms with Crippen LogP contribution in [0.3, 0.4) is 0 Å². The van der Waals surface area contributed by atoms with Gasteiger partial charge in [-0.25, -0.2) is 4.98 Å². The third-order valence-electron chi connectivity index (χ3n) is 5.73. The van der Waals surface area contributed by atoms with Crippen LogP contribution in [-0.2, 0) is 17.8 Å². The highest BCUT2D eigenvalue weighted by Gasteiger charge is 2.28. The van der Waals surface area contributed by atoms with Gasteiger partial charge in [-0.15, -0.1) is 11.3 Å². The summed E-state index contributed by atoms with van der Waals surface area (Å²) in [5, 5.41) is 1.59. The Balaban J connectivity index is 1.85. The fourth-order valence-electron chi connectivity index (χ4n) is 3.87. The maximum Gasteiger partial charge on any atom is 0.267 e. The van der Waals surface area contributed by atoms with Gasteiger partial charge in [-0.2, -0.15) is 0 Å². The van der Waals surface area contributed by atoms with Crippen molar-refractivity contribution in [1.82, 2.24) is 9.55 Å². The predicted octanol–water partition coefficient (Wildman–Crippen LogP) is 6.14. The molecule has 4 rings (SSSR count). The Morgan fingerprint density at radius 1 is 1.27 bits per heavy atom. The molecule has 0 spiro atoms. The van der Waals surface area contributed by atoms with Gasteiger partial charge in [0.1, 0.15) is 4.83 Å². The lowest BCUT2D eigenvalue weighted by Gasteiger charge is -2.26. The largest absolute Gasteiger partial charge is 0.372 e. The number of fused-ring (bicyclic) bond motifs is 3. The molecule has 0 aliphatic carbocycles. The van der Waals surface area contributed by atoms with Crippen molar-refractivity contribution in [2.75, 3.05) is 5.75 Å². The maximum atomic E-state index is 13.8. The van der Waals surface area contributed by atoms with Crippen molar-refractivity contribution in [3.8, 4) is 5.69 Å². The van der Waals surface area contributed by atoms with E-state index in [1.807, 2.05) is 16.7 Å². The number of rotatable bonds is 7. The van der Waals surface area contributed by atoms with Crippen LogP contribution in [0.2, 0.25) is 0 Å². The number of ether oxygens (including phenoxy) is 1. The molecule has 0 radical (unpaired) electrons. The molecule has 3 aromatic rings. The lowest BCUT2D eigenvalue weighted by atomic mass is 9.96. The van der Waals surface area contributed by atoms with Gasteiger partial charge >= 0.3 is 0 Å². The lowest BCUT2D eigenvalue weighted by molar-refractivity contribution is 0.00200. The Morgan fingerprint density at radius 3 is 2.73 bits per heavy atom. The molecule has 6 heteroatoms. The van der Waals surface area contributed by atoms with Crippen LogP contribution in [0.4, 0.5) is 0 Å². The maximum absolute atomic E-state index is 13.8. The highest BCUT2D eigenvalue weighted by molar-refractivity contribution is 7.99. The third-order valence-corrected chi connectivity index (χ3v) is 7.85. The molecular weight excluding hydrogens is 412 g/mol. The van der Waals surface area contributed by atoms with E-state index in [0.717, 1.165) is 50.1 Å². The summed E-state index contributed by atoms with van der Waals surface area (Å²) in [6.07, 6.45) is 4.47. The number of benzene rings is 1. The van der Waals surface area contributed by atoms with Crippen molar-refractivity contribution < 1.29 is 4.74 Å². The highest BCUT2D eigenvalue weighted by Crippen LogP contribution is 2.36. The number of hydrogen-bond acceptors (Lipinski definition) is 5. The molecule has 0 N–H and O–H groups in total. The van der Waals surface area contributed by atoms with Gasteiger partial charge < -0.3 is 4.74 Å². The van der Waals surface area contributed by atoms with Gasteiger partial charge in [0.2, 0.25) is 0 Å². The first-order valence-corrected chi connectivity index (χ1v) is 12.7. The van der Waals surface area contributed by atoms with E-state index in [9.17, 15) is 4.79 Å². The topological polar surface area (TPSA) is 44.1 Å². The van der Waals surface area contributed by atoms with Crippen molar-refractivity contribution >= 4 is 33.3 Å². The van der Waals surface area contributed by atoms with Crippen molar-refractivity contribution in [3.05, 3.63) is 50.6 Å². The van der Waals surface area contributed by atoms with Gasteiger partial charge in [0.15, 0.2) is 5.16 Å². The zero-order chi connectivity index (χ0) is 21.3. The van der Waals surface area contributed by atoms with Crippen LogP contribution in [0, 0.1) is 12.8 Å². The van der Waals surface area contributed by atoms with Gasteiger partial charge in [0, 0.05) is 17.1 Å². The van der Waals surface area contributed by atoms with Gasteiger partial charge in [-0.1, -0.05) is 63.1 Å². The van der Waals surface area contributed by atoms with E-state index in [1.165, 1.54) is 18.4 Å². The van der Waals surface area contributed by atoms with Crippen LogP contribution in [0.1, 0.15) is 56.0 Å². The quantitative estimate of drug-likeness (QED) is 0.251. The summed E-state index contributed by atoms with van der Waals surface area (Å²) in [4.78, 5) is 20.8. The molecule has 0 bridgehead atoms. The molecule has 0 saturated heterocycles. The van der Waals surface area contributed by atoms with E-state index in [1.54, 1.807) is 23.1 Å². The molecule has 4 nitrogen and oxygen atoms in total. The van der Waals surface area contributed by atoms with Gasteiger partial charge in [0.05, 0.1) is 23.8 Å². The first-order valence-electron chi connectivity index (χ1n) is 10.9. The first-order chi connectivity index (χ1) is 14.5. The Hall–Kier alpha value is -1.63. The molecule has 1 aliphatic heterocycles. The molecule has 1 aromatic carbocycles. The normalized spacial score (nSPS) is 16.4. The van der Waals surface area contributed by atoms with E-state index in [0.29, 0.717) is 12.5 Å². The molecule has 1 aliphatic rings. The van der Waals surface area contributed by atoms with E-state index in [4.69, 9.17) is 9.72 Å². The Bertz CT molecular complexity index is 1080. The SMILES string of the molecule is CCCCCSc1nc2sc3c(c2c(=O)n1-c1ccc(C)cc1)C[C@@H](C(C)C)OC3. The molecule has 30 heavy (non-hydrogen) atoms. The van der Waals surface area contributed by atoms with Crippen molar-refractivity contribution in [1.29, 1.82) is 0 Å². The third kappa shape index (κ3) is 4.23. The second kappa shape index (κ2) is 9.25. The average molecular weight is 443 g/mol. The van der Waals surface area contributed by atoms with E-state index < -0.39 is 0 Å². The van der Waals surface area contributed by atoms with Crippen LogP contribution in [0.25, 0.3) is 15.9 Å². The number of thioether (sulfide) groups is 1. The minimum absolute atomic E-state index is 0.0590. The minimum atomic E-state index is 0.0590. The number of aromatic nitrogens is 2. The second-order valence-electron chi connectivity index (χ2n) is 8.41. The fourth-order valence-corrected chi connectivity index (χ4v) is 6.05. The smallest absolute Gasteiger partial charge is 0.267 e. The Labute approximate surface area is 186 Å². The molecule has 0 unspecified atom stereocenters. The van der Waals surface area contributed by atoms with Crippen molar-refractivity contribution in [2.24, 2.45) is 5.92 Å². The summed E-state index contributed by atoms with van der Waals surface area (Å²) in [6, 6.07) is 8.17. The standard InChI is InChI=1S/C24H30N2O2S2/c1-5-6-7-12-29-24-25-22-21(18-13-19(15(2)3)28-14-20(18)30-22)23(27)26(24)17-10-8-16(4)9-11-17/h8-11,15,19H,5-7,12-14H2,1-4H3/t19-/m0/s1. The summed E-state index contributed by atoms with van der Waals surface area (Å²) in [6.45, 7) is 9.22. The fraction of sp³-hybridized carbons (Fsp3) is 0.500. The van der Waals surface area contributed by atoms with Gasteiger partial charge in [-0.05, 0) is 37.0 Å². The molecule has 0 amide bonds. The molecule has 0 fully saturated rings. The summed E-state index contributed by atoms with van der Waals surface area (Å²) >= 11 is 3.32. The summed E-state index contributed by atoms with van der Waals surface area (Å²) in [5.74, 6) is 1.40. The zero-order valence-electron chi connectivity index (χ0n) is 18.2. The minimum Gasteiger partial charge on any atom is -0.372 e. The van der Waals surface area contributed by atoms with Crippen LogP contribution in [0.5, 0.6) is 0 Å². The zero-order valence-corrected chi connectivity index (χ0v) is 19.9. The van der Waals surface area contributed by atoms with E-state index >= 15 is 0 Å². The van der Waals surface area contributed by atoms with Crippen molar-refractivity contribution in [3.63, 3.8) is 0 Å². The average Bonchev–Trinajstić information content (AvgIpc) is 3.10. The predicted molar refractivity (Wildman–Crippen MR) is 127 cm³/mol. The number of hydrogen-bond donors (Lipinski definition) is 0. The molecule has 160 valence electrons. The van der Waals surface area contributed by atoms with Crippen LogP contribution >= 0.6 is 23.1 Å². The van der Waals surface area contributed by atoms with Crippen LogP contribution in [-0.4, -0.2) is 21.4 Å². The highest BCUT2D eigenvalue weighted by atomic mass is 32.2. The number of unbranched alkanes of at least 4 members (excludes halogenated alkanes) is 2. The first kappa shape index (κ1) is 21.6. The van der Waals surface area contributed by atoms with Gasteiger partial charge in [-0.3, -0.25) is 9.36 Å². The monoisotopic (exact) mass is 442 g/mol. The number of nitrogens with zero attached hydrogens (tertiary/aromatic N) is 2. The molecule has 1 atom stereocenters. The molecule has 2 aromatic heterocycles. The number of aryl methyl sites for hydroxylation is 1. The summed E-state index contributed by atoms with van der Waals surface area (Å²) in [5.41, 5.74) is 3.29. The van der Waals surface area contributed by atoms with E-state index in [2.05, 4.69) is 39.8 Å². The Morgan fingerprint density at radius 2 is 2.03 bits per heavy atom. The second-order valence-corrected chi connectivity index (χ2v) is 10.6. The molecular formula is C24H30N2O2S2. The molecule has 0 saturated carbocycles. The number of thiophene rings is 1. The van der Waals surface area contributed by atoms with Gasteiger partial charge in [0.25, 0.3) is 5.56 Å². The van der Waals surface area contributed by atoms with Crippen LogP contribution < -0.4 is 5.56 Å². The Kier molecular flexibility index (Phi) is 6.66. The van der Waals surface area contributed by atoms with Crippen LogP contribution in [0.15, 0.2) is 34.2 Å². The summed E-state index contributed by atoms with van der Waals surface area (Å²) in [7, 11) is 0. The lowest BCUT2D eigenvalue weighted by Crippen LogP contribution is -2.28. The molecule has 3 heterocycles. The van der Waals surface area contributed by atoms with E-state index in [-0.39, 0.29) is 11.7 Å². The van der Waals surface area contributed by atoms with Crippen molar-refractivity contribution in [2.45, 2.75) is 71.2 Å².